The molecule has 2 aliphatic heterocycles. The lowest BCUT2D eigenvalue weighted by Gasteiger charge is -2.33. The third kappa shape index (κ3) is 7.97. The molecular weight excluding hydrogens is 499 g/mol. The quantitative estimate of drug-likeness (QED) is 0.314. The van der Waals surface area contributed by atoms with E-state index in [-0.39, 0.29) is 24.0 Å². The first-order valence-corrected chi connectivity index (χ1v) is 11.6. The van der Waals surface area contributed by atoms with Crippen LogP contribution in [0.25, 0.3) is 0 Å². The molecule has 1 aromatic rings. The lowest BCUT2D eigenvalue weighted by Crippen LogP contribution is -2.42. The molecule has 0 bridgehead atoms. The van der Waals surface area contributed by atoms with E-state index >= 15 is 0 Å². The smallest absolute Gasteiger partial charge is 0.193 e. The largest absolute Gasteiger partial charge is 0.381 e. The summed E-state index contributed by atoms with van der Waals surface area (Å²) in [6.07, 6.45) is 3.60. The number of aliphatic imine (C=N–C) groups is 1. The number of hydrogen-bond donors (Lipinski definition) is 1. The predicted octanol–water partition coefficient (Wildman–Crippen LogP) is 3.45. The van der Waals surface area contributed by atoms with Crippen LogP contribution in [0.1, 0.15) is 37.1 Å². The number of nitrogens with zero attached hydrogens (tertiary/aromatic N) is 3. The number of thiophene rings is 1. The number of halogens is 1. The normalized spacial score (nSPS) is 20.1. The second-order valence-corrected chi connectivity index (χ2v) is 8.62. The molecule has 0 aromatic carbocycles. The minimum Gasteiger partial charge on any atom is -0.381 e. The standard InChI is InChI=1S/C21H36N4O2S.HI/c1-3-22-21(24(2)9-6-18-7-12-26-13-8-18)23-17-19(20-5-4-16-28-20)25-10-14-27-15-11-25;/h4-5,16,18-19H,3,6-15,17H2,1-2H3,(H,22,23);1H. The molecule has 0 amide bonds. The number of rotatable bonds is 8. The van der Waals surface area contributed by atoms with Crippen molar-refractivity contribution in [2.24, 2.45) is 10.9 Å². The zero-order chi connectivity index (χ0) is 19.6. The average molecular weight is 537 g/mol. The molecule has 0 radical (unpaired) electrons. The fourth-order valence-corrected chi connectivity index (χ4v) is 4.77. The molecule has 0 saturated carbocycles. The summed E-state index contributed by atoms with van der Waals surface area (Å²) in [6.45, 7) is 10.3. The summed E-state index contributed by atoms with van der Waals surface area (Å²) in [6, 6.07) is 4.71. The fourth-order valence-electron chi connectivity index (χ4n) is 3.92. The first kappa shape index (κ1) is 24.8. The zero-order valence-electron chi connectivity index (χ0n) is 17.8. The summed E-state index contributed by atoms with van der Waals surface area (Å²) in [4.78, 5) is 11.2. The van der Waals surface area contributed by atoms with Crippen LogP contribution >= 0.6 is 35.3 Å². The SMILES string of the molecule is CCNC(=NCC(c1cccs1)N1CCOCC1)N(C)CCC1CCOCC1.I. The van der Waals surface area contributed by atoms with Crippen LogP contribution < -0.4 is 5.32 Å². The molecule has 8 heteroatoms. The van der Waals surface area contributed by atoms with Crippen LogP contribution in [0.4, 0.5) is 0 Å². The molecule has 1 atom stereocenters. The maximum atomic E-state index is 5.56. The molecule has 2 saturated heterocycles. The summed E-state index contributed by atoms with van der Waals surface area (Å²) < 4.78 is 11.0. The van der Waals surface area contributed by atoms with Crippen LogP contribution in [0, 0.1) is 5.92 Å². The van der Waals surface area contributed by atoms with Gasteiger partial charge in [0.05, 0.1) is 25.8 Å². The lowest BCUT2D eigenvalue weighted by molar-refractivity contribution is 0.0186. The first-order valence-electron chi connectivity index (χ1n) is 10.7. The van der Waals surface area contributed by atoms with Crippen LogP contribution in [0.15, 0.2) is 22.5 Å². The highest BCUT2D eigenvalue weighted by molar-refractivity contribution is 14.0. The molecule has 2 aliphatic rings. The van der Waals surface area contributed by atoms with Gasteiger partial charge < -0.3 is 19.7 Å². The molecule has 1 N–H and O–H groups in total. The van der Waals surface area contributed by atoms with Crippen LogP contribution in [-0.2, 0) is 9.47 Å². The summed E-state index contributed by atoms with van der Waals surface area (Å²) in [5.41, 5.74) is 0. The van der Waals surface area contributed by atoms with Gasteiger partial charge in [-0.05, 0) is 43.6 Å². The molecule has 166 valence electrons. The van der Waals surface area contributed by atoms with Gasteiger partial charge in [0.15, 0.2) is 5.96 Å². The maximum absolute atomic E-state index is 5.56. The Balaban J connectivity index is 0.00000300. The Morgan fingerprint density at radius 2 is 2.00 bits per heavy atom. The molecule has 0 aliphatic carbocycles. The summed E-state index contributed by atoms with van der Waals surface area (Å²) in [5.74, 6) is 1.80. The van der Waals surface area contributed by atoms with Gasteiger partial charge in [0, 0.05) is 51.3 Å². The van der Waals surface area contributed by atoms with E-state index in [2.05, 4.69) is 46.6 Å². The lowest BCUT2D eigenvalue weighted by atomic mass is 9.96. The minimum absolute atomic E-state index is 0. The Morgan fingerprint density at radius 1 is 1.28 bits per heavy atom. The van der Waals surface area contributed by atoms with Gasteiger partial charge in [0.2, 0.25) is 0 Å². The van der Waals surface area contributed by atoms with Crippen LogP contribution in [0.3, 0.4) is 0 Å². The summed E-state index contributed by atoms with van der Waals surface area (Å²) >= 11 is 1.83. The predicted molar refractivity (Wildman–Crippen MR) is 132 cm³/mol. The van der Waals surface area contributed by atoms with Gasteiger partial charge in [-0.15, -0.1) is 35.3 Å². The Bertz CT molecular complexity index is 575. The molecule has 0 spiro atoms. The van der Waals surface area contributed by atoms with Gasteiger partial charge in [0.1, 0.15) is 0 Å². The van der Waals surface area contributed by atoms with Crippen molar-refractivity contribution < 1.29 is 9.47 Å². The van der Waals surface area contributed by atoms with Crippen molar-refractivity contribution in [1.29, 1.82) is 0 Å². The molecule has 2 fully saturated rings. The Morgan fingerprint density at radius 3 is 2.66 bits per heavy atom. The molecule has 3 rings (SSSR count). The van der Waals surface area contributed by atoms with Crippen molar-refractivity contribution >= 4 is 41.3 Å². The Hall–Kier alpha value is -0.420. The summed E-state index contributed by atoms with van der Waals surface area (Å²) in [7, 11) is 2.16. The molecule has 1 aromatic heterocycles. The number of ether oxygens (including phenoxy) is 2. The zero-order valence-corrected chi connectivity index (χ0v) is 21.0. The van der Waals surface area contributed by atoms with Crippen molar-refractivity contribution in [2.45, 2.75) is 32.2 Å². The fraction of sp³-hybridized carbons (Fsp3) is 0.762. The van der Waals surface area contributed by atoms with E-state index < -0.39 is 0 Å². The van der Waals surface area contributed by atoms with Crippen molar-refractivity contribution in [3.63, 3.8) is 0 Å². The van der Waals surface area contributed by atoms with Gasteiger partial charge in [-0.2, -0.15) is 0 Å². The summed E-state index contributed by atoms with van der Waals surface area (Å²) in [5, 5.41) is 5.65. The van der Waals surface area contributed by atoms with E-state index in [1.165, 1.54) is 24.1 Å². The number of guanidine groups is 1. The Kier molecular flexibility index (Phi) is 11.8. The van der Waals surface area contributed by atoms with Gasteiger partial charge in [-0.3, -0.25) is 9.89 Å². The third-order valence-electron chi connectivity index (χ3n) is 5.68. The molecule has 3 heterocycles. The van der Waals surface area contributed by atoms with E-state index in [4.69, 9.17) is 14.5 Å². The topological polar surface area (TPSA) is 49.3 Å². The van der Waals surface area contributed by atoms with E-state index in [0.29, 0.717) is 6.04 Å². The van der Waals surface area contributed by atoms with E-state index in [0.717, 1.165) is 71.0 Å². The number of nitrogens with one attached hydrogen (secondary N) is 1. The monoisotopic (exact) mass is 536 g/mol. The minimum atomic E-state index is 0. The molecule has 29 heavy (non-hydrogen) atoms. The van der Waals surface area contributed by atoms with Crippen molar-refractivity contribution in [3.8, 4) is 0 Å². The molecule has 1 unspecified atom stereocenters. The van der Waals surface area contributed by atoms with Crippen molar-refractivity contribution in [1.82, 2.24) is 15.1 Å². The van der Waals surface area contributed by atoms with Gasteiger partial charge in [-0.25, -0.2) is 0 Å². The van der Waals surface area contributed by atoms with Crippen molar-refractivity contribution in [3.05, 3.63) is 22.4 Å². The second-order valence-electron chi connectivity index (χ2n) is 7.64. The van der Waals surface area contributed by atoms with Gasteiger partial charge >= 0.3 is 0 Å². The molecule has 6 nitrogen and oxygen atoms in total. The van der Waals surface area contributed by atoms with Crippen LogP contribution in [-0.4, -0.2) is 82.0 Å². The first-order chi connectivity index (χ1) is 13.8. The van der Waals surface area contributed by atoms with Crippen LogP contribution in [0.5, 0.6) is 0 Å². The van der Waals surface area contributed by atoms with E-state index in [1.807, 2.05) is 11.3 Å². The highest BCUT2D eigenvalue weighted by atomic mass is 127. The average Bonchev–Trinajstić information content (AvgIpc) is 3.27. The third-order valence-corrected chi connectivity index (χ3v) is 6.66. The van der Waals surface area contributed by atoms with E-state index in [9.17, 15) is 0 Å². The van der Waals surface area contributed by atoms with Crippen molar-refractivity contribution in [2.75, 3.05) is 66.2 Å². The number of morpholine rings is 1. The van der Waals surface area contributed by atoms with Gasteiger partial charge in [0.25, 0.3) is 0 Å². The number of hydrogen-bond acceptors (Lipinski definition) is 5. The van der Waals surface area contributed by atoms with E-state index in [1.54, 1.807) is 0 Å². The highest BCUT2D eigenvalue weighted by Crippen LogP contribution is 2.26. The van der Waals surface area contributed by atoms with Gasteiger partial charge in [-0.1, -0.05) is 6.07 Å². The molecular formula is C21H37IN4O2S. The second kappa shape index (κ2) is 13.8. The Labute approximate surface area is 197 Å². The highest BCUT2D eigenvalue weighted by Gasteiger charge is 2.24. The van der Waals surface area contributed by atoms with Crippen LogP contribution in [0.2, 0.25) is 0 Å². The maximum Gasteiger partial charge on any atom is 0.193 e.